The van der Waals surface area contributed by atoms with E-state index in [1.54, 1.807) is 0 Å². The van der Waals surface area contributed by atoms with Gasteiger partial charge in [0.05, 0.1) is 5.69 Å². The Bertz CT molecular complexity index is 592. The highest BCUT2D eigenvalue weighted by Gasteiger charge is 2.16. The lowest BCUT2D eigenvalue weighted by Gasteiger charge is -2.06. The van der Waals surface area contributed by atoms with Crippen LogP contribution in [0.1, 0.15) is 20.8 Å². The summed E-state index contributed by atoms with van der Waals surface area (Å²) in [6.45, 7) is 0. The normalized spacial score (nSPS) is 10.2. The topological polar surface area (TPSA) is 72.2 Å². The Morgan fingerprint density at radius 3 is 2.82 bits per heavy atom. The Balaban J connectivity index is 2.62. The third-order valence-corrected chi connectivity index (χ3v) is 2.21. The number of carboxylic acids is 1. The highest BCUT2D eigenvalue weighted by Crippen LogP contribution is 2.18. The molecule has 86 valence electrons. The second-order valence-electron chi connectivity index (χ2n) is 3.26. The van der Waals surface area contributed by atoms with Crippen LogP contribution in [0.3, 0.4) is 0 Å². The first-order valence-corrected chi connectivity index (χ1v) is 4.65. The minimum absolute atomic E-state index is 0.123. The molecule has 6 heteroatoms. The van der Waals surface area contributed by atoms with Crippen molar-refractivity contribution in [3.05, 3.63) is 47.8 Å². The fourth-order valence-corrected chi connectivity index (χ4v) is 1.47. The Morgan fingerprint density at radius 1 is 1.47 bits per heavy atom. The number of halogens is 1. The first-order valence-electron chi connectivity index (χ1n) is 4.65. The van der Waals surface area contributed by atoms with Crippen molar-refractivity contribution in [2.45, 2.75) is 0 Å². The monoisotopic (exact) mass is 234 g/mol. The molecule has 0 saturated heterocycles. The molecule has 0 fully saturated rings. The fraction of sp³-hybridized carbons (Fsp3) is 0. The Hall–Kier alpha value is -2.50. The number of nitrogens with zero attached hydrogens (tertiary/aromatic N) is 2. The molecule has 0 radical (unpaired) electrons. The highest BCUT2D eigenvalue weighted by molar-refractivity contribution is 5.92. The summed E-state index contributed by atoms with van der Waals surface area (Å²) in [6.07, 6.45) is 3.11. The van der Waals surface area contributed by atoms with E-state index < -0.39 is 17.3 Å². The molecule has 5 nitrogen and oxygen atoms in total. The molecule has 0 aliphatic heterocycles. The van der Waals surface area contributed by atoms with E-state index in [1.165, 1.54) is 29.2 Å². The molecule has 0 aliphatic carbocycles. The van der Waals surface area contributed by atoms with Gasteiger partial charge in [-0.3, -0.25) is 4.79 Å². The number of carbonyl (C=O) groups excluding carboxylic acids is 1. The molecule has 1 heterocycles. The van der Waals surface area contributed by atoms with Gasteiger partial charge in [-0.15, -0.1) is 0 Å². The lowest BCUT2D eigenvalue weighted by Crippen LogP contribution is -2.07. The van der Waals surface area contributed by atoms with Gasteiger partial charge in [-0.05, 0) is 12.1 Å². The molecule has 0 spiro atoms. The number of rotatable bonds is 3. The average molecular weight is 234 g/mol. The minimum Gasteiger partial charge on any atom is -0.478 e. The van der Waals surface area contributed by atoms with E-state index in [0.29, 0.717) is 6.29 Å². The van der Waals surface area contributed by atoms with Crippen molar-refractivity contribution in [3.63, 3.8) is 0 Å². The Morgan fingerprint density at radius 2 is 2.24 bits per heavy atom. The zero-order valence-electron chi connectivity index (χ0n) is 8.50. The van der Waals surface area contributed by atoms with Crippen molar-refractivity contribution in [1.82, 2.24) is 9.55 Å². The molecule has 1 N–H and O–H groups in total. The van der Waals surface area contributed by atoms with E-state index >= 15 is 0 Å². The maximum atomic E-state index is 13.4. The summed E-state index contributed by atoms with van der Waals surface area (Å²) in [7, 11) is 0. The fourth-order valence-electron chi connectivity index (χ4n) is 1.47. The molecular formula is C11H7FN2O3. The summed E-state index contributed by atoms with van der Waals surface area (Å²) >= 11 is 0. The Kier molecular flexibility index (Phi) is 2.70. The lowest BCUT2D eigenvalue weighted by molar-refractivity contribution is 0.0692. The van der Waals surface area contributed by atoms with Gasteiger partial charge >= 0.3 is 5.97 Å². The van der Waals surface area contributed by atoms with E-state index in [4.69, 9.17) is 5.11 Å². The molecule has 1 aromatic heterocycles. The van der Waals surface area contributed by atoms with Gasteiger partial charge < -0.3 is 9.67 Å². The summed E-state index contributed by atoms with van der Waals surface area (Å²) in [5.41, 5.74) is -0.189. The molecule has 0 aliphatic rings. The molecule has 2 rings (SSSR count). The molecular weight excluding hydrogens is 227 g/mol. The van der Waals surface area contributed by atoms with Gasteiger partial charge in [0.15, 0.2) is 6.29 Å². The Labute approximate surface area is 95.1 Å². The number of imidazole rings is 1. The molecule has 0 saturated carbocycles. The van der Waals surface area contributed by atoms with E-state index in [0.717, 1.165) is 6.07 Å². The van der Waals surface area contributed by atoms with Gasteiger partial charge in [-0.25, -0.2) is 14.2 Å². The van der Waals surface area contributed by atoms with Gasteiger partial charge in [0.1, 0.15) is 23.4 Å². The zero-order chi connectivity index (χ0) is 12.4. The summed E-state index contributed by atoms with van der Waals surface area (Å²) in [5, 5.41) is 8.93. The van der Waals surface area contributed by atoms with Crippen molar-refractivity contribution in [1.29, 1.82) is 0 Å². The van der Waals surface area contributed by atoms with Gasteiger partial charge in [0, 0.05) is 6.20 Å². The first kappa shape index (κ1) is 11.0. The highest BCUT2D eigenvalue weighted by atomic mass is 19.1. The van der Waals surface area contributed by atoms with Crippen molar-refractivity contribution < 1.29 is 19.1 Å². The van der Waals surface area contributed by atoms with Crippen LogP contribution in [-0.4, -0.2) is 26.9 Å². The third-order valence-electron chi connectivity index (χ3n) is 2.21. The average Bonchev–Trinajstić information content (AvgIpc) is 2.76. The van der Waals surface area contributed by atoms with Crippen LogP contribution in [0.25, 0.3) is 5.69 Å². The summed E-state index contributed by atoms with van der Waals surface area (Å²) < 4.78 is 14.7. The van der Waals surface area contributed by atoms with Crippen molar-refractivity contribution in [3.8, 4) is 5.69 Å². The number of aldehydes is 1. The van der Waals surface area contributed by atoms with Crippen molar-refractivity contribution >= 4 is 12.3 Å². The van der Waals surface area contributed by atoms with Crippen LogP contribution in [0, 0.1) is 5.82 Å². The number of benzene rings is 1. The van der Waals surface area contributed by atoms with Crippen molar-refractivity contribution in [2.24, 2.45) is 0 Å². The number of aromatic carboxylic acids is 1. The van der Waals surface area contributed by atoms with E-state index in [9.17, 15) is 14.0 Å². The van der Waals surface area contributed by atoms with Crippen LogP contribution in [0.2, 0.25) is 0 Å². The van der Waals surface area contributed by atoms with Gasteiger partial charge in [-0.2, -0.15) is 0 Å². The number of hydrogen-bond donors (Lipinski definition) is 1. The number of hydrogen-bond acceptors (Lipinski definition) is 3. The molecule has 1 aromatic carbocycles. The van der Waals surface area contributed by atoms with Crippen LogP contribution in [0.4, 0.5) is 4.39 Å². The quantitative estimate of drug-likeness (QED) is 0.817. The lowest BCUT2D eigenvalue weighted by atomic mass is 10.1. The summed E-state index contributed by atoms with van der Waals surface area (Å²) in [6, 6.07) is 3.88. The largest absolute Gasteiger partial charge is 0.478 e. The van der Waals surface area contributed by atoms with Crippen LogP contribution < -0.4 is 0 Å². The molecule has 17 heavy (non-hydrogen) atoms. The second-order valence-corrected chi connectivity index (χ2v) is 3.26. The smallest absolute Gasteiger partial charge is 0.340 e. The molecule has 0 atom stereocenters. The zero-order valence-corrected chi connectivity index (χ0v) is 8.50. The third kappa shape index (κ3) is 1.92. The molecule has 0 amide bonds. The van der Waals surface area contributed by atoms with Crippen LogP contribution in [0.15, 0.2) is 30.7 Å². The molecule has 0 bridgehead atoms. The van der Waals surface area contributed by atoms with E-state index in [1.807, 2.05) is 0 Å². The summed E-state index contributed by atoms with van der Waals surface area (Å²) in [5.74, 6) is -2.21. The second kappa shape index (κ2) is 4.17. The number of aromatic nitrogens is 2. The van der Waals surface area contributed by atoms with Gasteiger partial charge in [0.25, 0.3) is 0 Å². The van der Waals surface area contributed by atoms with E-state index in [-0.39, 0.29) is 11.4 Å². The maximum Gasteiger partial charge on any atom is 0.340 e. The molecule has 2 aromatic rings. The minimum atomic E-state index is -1.38. The van der Waals surface area contributed by atoms with Crippen LogP contribution in [0.5, 0.6) is 0 Å². The maximum absolute atomic E-state index is 13.4. The van der Waals surface area contributed by atoms with E-state index in [2.05, 4.69) is 4.98 Å². The van der Waals surface area contributed by atoms with Crippen LogP contribution >= 0.6 is 0 Å². The van der Waals surface area contributed by atoms with Gasteiger partial charge in [-0.1, -0.05) is 6.07 Å². The SMILES string of the molecule is O=Cc1cn(-c2cccc(F)c2C(=O)O)cn1. The predicted octanol–water partition coefficient (Wildman–Crippen LogP) is 1.52. The molecule has 0 unspecified atom stereocenters. The van der Waals surface area contributed by atoms with Crippen LogP contribution in [-0.2, 0) is 0 Å². The number of carboxylic acid groups (broad SMARTS) is 1. The first-order chi connectivity index (χ1) is 8.13. The number of carbonyl (C=O) groups is 2. The standard InChI is InChI=1S/C11H7FN2O3/c12-8-2-1-3-9(10(8)11(16)17)14-4-7(5-15)13-6-14/h1-6H,(H,16,17). The summed E-state index contributed by atoms with van der Waals surface area (Å²) in [4.78, 5) is 25.1. The van der Waals surface area contributed by atoms with Crippen molar-refractivity contribution in [2.75, 3.05) is 0 Å². The van der Waals surface area contributed by atoms with Gasteiger partial charge in [0.2, 0.25) is 0 Å². The predicted molar refractivity (Wildman–Crippen MR) is 55.9 cm³/mol.